The van der Waals surface area contributed by atoms with Gasteiger partial charge in [-0.05, 0) is 43.0 Å². The second kappa shape index (κ2) is 5.41. The topological polar surface area (TPSA) is 29.5 Å². The fraction of sp³-hybridized carbons (Fsp3) is 0.462. The number of halogens is 1. The van der Waals surface area contributed by atoms with Crippen molar-refractivity contribution in [1.29, 1.82) is 0 Å². The van der Waals surface area contributed by atoms with E-state index in [0.717, 1.165) is 25.9 Å². The Morgan fingerprint density at radius 3 is 2.47 bits per heavy atom. The van der Waals surface area contributed by atoms with Gasteiger partial charge in [0, 0.05) is 18.1 Å². The van der Waals surface area contributed by atoms with Gasteiger partial charge in [-0.2, -0.15) is 0 Å². The highest BCUT2D eigenvalue weighted by atomic mass is 35.5. The molecule has 92 valence electrons. The molecule has 0 saturated carbocycles. The van der Waals surface area contributed by atoms with Crippen LogP contribution in [0.2, 0.25) is 5.02 Å². The van der Waals surface area contributed by atoms with Gasteiger partial charge < -0.3 is 9.64 Å². The Morgan fingerprint density at radius 1 is 1.29 bits per heavy atom. The molecule has 0 atom stereocenters. The molecule has 1 aliphatic heterocycles. The molecule has 0 aromatic heterocycles. The van der Waals surface area contributed by atoms with Crippen LogP contribution in [0, 0.1) is 5.92 Å². The van der Waals surface area contributed by atoms with Crippen molar-refractivity contribution < 1.29 is 9.53 Å². The van der Waals surface area contributed by atoms with E-state index < -0.39 is 0 Å². The molecule has 1 aromatic rings. The predicted octanol–water partition coefficient (Wildman–Crippen LogP) is 3.57. The Balaban J connectivity index is 1.90. The van der Waals surface area contributed by atoms with E-state index in [1.807, 2.05) is 0 Å². The number of likely N-dealkylation sites (tertiary alicyclic amines) is 1. The summed E-state index contributed by atoms with van der Waals surface area (Å²) in [6.45, 7) is 3.78. The molecule has 2 rings (SSSR count). The van der Waals surface area contributed by atoms with Gasteiger partial charge in [-0.15, -0.1) is 0 Å². The maximum Gasteiger partial charge on any atom is 0.415 e. The Bertz CT molecular complexity index is 383. The highest BCUT2D eigenvalue weighted by Gasteiger charge is 2.21. The van der Waals surface area contributed by atoms with E-state index in [0.29, 0.717) is 16.7 Å². The van der Waals surface area contributed by atoms with Crippen LogP contribution >= 0.6 is 11.6 Å². The first kappa shape index (κ1) is 12.2. The van der Waals surface area contributed by atoms with E-state index in [2.05, 4.69) is 6.92 Å². The summed E-state index contributed by atoms with van der Waals surface area (Å²) in [5, 5.41) is 0.636. The lowest BCUT2D eigenvalue weighted by Crippen LogP contribution is -2.39. The monoisotopic (exact) mass is 253 g/mol. The molecule has 0 aliphatic carbocycles. The summed E-state index contributed by atoms with van der Waals surface area (Å²) in [6, 6.07) is 6.82. The number of amides is 1. The van der Waals surface area contributed by atoms with Crippen molar-refractivity contribution in [2.75, 3.05) is 13.1 Å². The summed E-state index contributed by atoms with van der Waals surface area (Å²) in [7, 11) is 0. The standard InChI is InChI=1S/C13H16ClNO2/c1-10-6-8-15(9-7-10)13(16)17-12-4-2-11(14)3-5-12/h2-5,10H,6-9H2,1H3. The van der Waals surface area contributed by atoms with E-state index in [4.69, 9.17) is 16.3 Å². The van der Waals surface area contributed by atoms with Crippen LogP contribution in [0.3, 0.4) is 0 Å². The van der Waals surface area contributed by atoms with Crippen LogP contribution in [0.4, 0.5) is 4.79 Å². The molecule has 1 aliphatic rings. The maximum absolute atomic E-state index is 11.8. The highest BCUT2D eigenvalue weighted by Crippen LogP contribution is 2.19. The SMILES string of the molecule is CC1CCN(C(=O)Oc2ccc(Cl)cc2)CC1. The molecule has 1 fully saturated rings. The van der Waals surface area contributed by atoms with E-state index >= 15 is 0 Å². The molecular weight excluding hydrogens is 238 g/mol. The maximum atomic E-state index is 11.8. The average molecular weight is 254 g/mol. The van der Waals surface area contributed by atoms with Crippen molar-refractivity contribution in [3.05, 3.63) is 29.3 Å². The number of ether oxygens (including phenoxy) is 1. The van der Waals surface area contributed by atoms with Crippen LogP contribution in [0.5, 0.6) is 5.75 Å². The second-order valence-corrected chi connectivity index (χ2v) is 4.93. The third-order valence-electron chi connectivity index (χ3n) is 3.06. The lowest BCUT2D eigenvalue weighted by molar-refractivity contribution is 0.133. The van der Waals surface area contributed by atoms with Crippen molar-refractivity contribution in [1.82, 2.24) is 4.90 Å². The first-order chi connectivity index (χ1) is 8.15. The predicted molar refractivity (Wildman–Crippen MR) is 67.4 cm³/mol. The van der Waals surface area contributed by atoms with Crippen molar-refractivity contribution in [2.45, 2.75) is 19.8 Å². The molecule has 17 heavy (non-hydrogen) atoms. The van der Waals surface area contributed by atoms with Gasteiger partial charge >= 0.3 is 6.09 Å². The van der Waals surface area contributed by atoms with Crippen molar-refractivity contribution in [2.24, 2.45) is 5.92 Å². The number of piperidine rings is 1. The number of carbonyl (C=O) groups excluding carboxylic acids is 1. The summed E-state index contributed by atoms with van der Waals surface area (Å²) < 4.78 is 5.27. The first-order valence-corrected chi connectivity index (χ1v) is 6.25. The van der Waals surface area contributed by atoms with Gasteiger partial charge in [0.1, 0.15) is 5.75 Å². The first-order valence-electron chi connectivity index (χ1n) is 5.87. The Labute approximate surface area is 106 Å². The molecule has 0 radical (unpaired) electrons. The fourth-order valence-electron chi connectivity index (χ4n) is 1.86. The van der Waals surface area contributed by atoms with Crippen LogP contribution in [0.1, 0.15) is 19.8 Å². The molecule has 4 heteroatoms. The number of hydrogen-bond donors (Lipinski definition) is 0. The van der Waals surface area contributed by atoms with Gasteiger partial charge in [0.15, 0.2) is 0 Å². The van der Waals surface area contributed by atoms with Crippen LogP contribution < -0.4 is 4.74 Å². The summed E-state index contributed by atoms with van der Waals surface area (Å²) in [6.07, 6.45) is 1.84. The number of hydrogen-bond acceptors (Lipinski definition) is 2. The molecule has 1 aromatic carbocycles. The molecule has 1 saturated heterocycles. The van der Waals surface area contributed by atoms with Gasteiger partial charge in [0.25, 0.3) is 0 Å². The lowest BCUT2D eigenvalue weighted by Gasteiger charge is -2.29. The molecule has 0 N–H and O–H groups in total. The molecule has 0 unspecified atom stereocenters. The van der Waals surface area contributed by atoms with E-state index in [1.165, 1.54) is 0 Å². The quantitative estimate of drug-likeness (QED) is 0.766. The van der Waals surface area contributed by atoms with Crippen LogP contribution in [-0.4, -0.2) is 24.1 Å². The van der Waals surface area contributed by atoms with E-state index in [1.54, 1.807) is 29.2 Å². The lowest BCUT2D eigenvalue weighted by atomic mass is 10.00. The zero-order chi connectivity index (χ0) is 12.3. The third kappa shape index (κ3) is 3.37. The van der Waals surface area contributed by atoms with E-state index in [-0.39, 0.29) is 6.09 Å². The zero-order valence-corrected chi connectivity index (χ0v) is 10.6. The van der Waals surface area contributed by atoms with Crippen molar-refractivity contribution >= 4 is 17.7 Å². The van der Waals surface area contributed by atoms with E-state index in [9.17, 15) is 4.79 Å². The van der Waals surface area contributed by atoms with Gasteiger partial charge in [-0.3, -0.25) is 0 Å². The highest BCUT2D eigenvalue weighted by molar-refractivity contribution is 6.30. The summed E-state index contributed by atoms with van der Waals surface area (Å²) in [4.78, 5) is 13.6. The van der Waals surface area contributed by atoms with Crippen molar-refractivity contribution in [3.63, 3.8) is 0 Å². The molecular formula is C13H16ClNO2. The summed E-state index contributed by atoms with van der Waals surface area (Å²) in [5.41, 5.74) is 0. The summed E-state index contributed by atoms with van der Waals surface area (Å²) in [5.74, 6) is 1.24. The zero-order valence-electron chi connectivity index (χ0n) is 9.86. The molecule has 1 amide bonds. The Hall–Kier alpha value is -1.22. The minimum atomic E-state index is -0.265. The molecule has 0 spiro atoms. The average Bonchev–Trinajstić information content (AvgIpc) is 2.33. The van der Waals surface area contributed by atoms with Gasteiger partial charge in [0.05, 0.1) is 0 Å². The normalized spacial score (nSPS) is 16.9. The Kier molecular flexibility index (Phi) is 3.89. The molecule has 3 nitrogen and oxygen atoms in total. The molecule has 0 bridgehead atoms. The smallest absolute Gasteiger partial charge is 0.410 e. The molecule has 1 heterocycles. The fourth-order valence-corrected chi connectivity index (χ4v) is 1.99. The minimum Gasteiger partial charge on any atom is -0.410 e. The number of rotatable bonds is 1. The van der Waals surface area contributed by atoms with Gasteiger partial charge in [-0.25, -0.2) is 4.79 Å². The number of nitrogens with zero attached hydrogens (tertiary/aromatic N) is 1. The van der Waals surface area contributed by atoms with Crippen LogP contribution in [0.25, 0.3) is 0 Å². The van der Waals surface area contributed by atoms with Gasteiger partial charge in [0.2, 0.25) is 0 Å². The van der Waals surface area contributed by atoms with Gasteiger partial charge in [-0.1, -0.05) is 18.5 Å². The third-order valence-corrected chi connectivity index (χ3v) is 3.31. The number of benzene rings is 1. The van der Waals surface area contributed by atoms with Crippen LogP contribution in [0.15, 0.2) is 24.3 Å². The van der Waals surface area contributed by atoms with Crippen LogP contribution in [-0.2, 0) is 0 Å². The Morgan fingerprint density at radius 2 is 1.88 bits per heavy atom. The number of carbonyl (C=O) groups is 1. The summed E-state index contributed by atoms with van der Waals surface area (Å²) >= 11 is 5.76. The largest absolute Gasteiger partial charge is 0.415 e. The van der Waals surface area contributed by atoms with Crippen molar-refractivity contribution in [3.8, 4) is 5.75 Å². The second-order valence-electron chi connectivity index (χ2n) is 4.49. The minimum absolute atomic E-state index is 0.265.